The molecule has 2 aromatic carbocycles. The van der Waals surface area contributed by atoms with Crippen LogP contribution in [0.2, 0.25) is 0 Å². The van der Waals surface area contributed by atoms with Crippen LogP contribution in [0.25, 0.3) is 0 Å². The molecule has 0 aliphatic carbocycles. The van der Waals surface area contributed by atoms with E-state index in [0.717, 1.165) is 43.4 Å². The van der Waals surface area contributed by atoms with Crippen LogP contribution in [0.4, 0.5) is 0 Å². The van der Waals surface area contributed by atoms with Crippen molar-refractivity contribution in [3.63, 3.8) is 0 Å². The maximum absolute atomic E-state index is 15.1. The zero-order chi connectivity index (χ0) is 41.5. The second-order valence-corrected chi connectivity index (χ2v) is 17.0. The molecule has 1 aliphatic rings. The number of carbonyl (C=O) groups is 4. The number of Topliss-reactive ketones (excluding diaryl/α,β-unsaturated/α-hetero) is 1. The molecule has 2 amide bonds. The van der Waals surface area contributed by atoms with Gasteiger partial charge < -0.3 is 24.8 Å². The topological polar surface area (TPSA) is 138 Å². The zero-order valence-electron chi connectivity index (χ0n) is 34.9. The zero-order valence-corrected chi connectivity index (χ0v) is 35.7. The number of carboxylic acid groups (broad SMARTS) is 1. The quantitative estimate of drug-likeness (QED) is 0.0920. The summed E-state index contributed by atoms with van der Waals surface area (Å²) in [6, 6.07) is 18.7. The van der Waals surface area contributed by atoms with Gasteiger partial charge in [0.1, 0.15) is 23.6 Å². The summed E-state index contributed by atoms with van der Waals surface area (Å²) in [6.45, 7) is 11.2. The number of ether oxygens (including phenoxy) is 2. The number of piperidine rings is 1. The van der Waals surface area contributed by atoms with Gasteiger partial charge in [-0.05, 0) is 62.2 Å². The maximum atomic E-state index is 15.1. The molecule has 2 heterocycles. The third-order valence-corrected chi connectivity index (χ3v) is 12.4. The fourth-order valence-corrected chi connectivity index (χ4v) is 8.65. The van der Waals surface area contributed by atoms with E-state index in [-0.39, 0.29) is 60.9 Å². The lowest BCUT2D eigenvalue weighted by Gasteiger charge is -2.40. The largest absolute Gasteiger partial charge is 0.481 e. The molecule has 0 bridgehead atoms. The van der Waals surface area contributed by atoms with Crippen LogP contribution in [0.1, 0.15) is 112 Å². The van der Waals surface area contributed by atoms with Gasteiger partial charge in [-0.15, -0.1) is 11.3 Å². The Kier molecular flexibility index (Phi) is 18.3. The number of methoxy groups -OCH3 is 1. The third-order valence-electron chi connectivity index (χ3n) is 11.5. The number of likely N-dealkylation sites (tertiary alicyclic amines) is 1. The van der Waals surface area contributed by atoms with E-state index >= 15 is 4.79 Å². The minimum absolute atomic E-state index is 0.00164. The van der Waals surface area contributed by atoms with Crippen LogP contribution in [0, 0.1) is 23.7 Å². The van der Waals surface area contributed by atoms with Gasteiger partial charge in [0.05, 0.1) is 12.0 Å². The molecule has 1 fully saturated rings. The molecule has 3 aromatic rings. The molecule has 11 nitrogen and oxygen atoms in total. The predicted molar refractivity (Wildman–Crippen MR) is 224 cm³/mol. The van der Waals surface area contributed by atoms with E-state index in [1.165, 1.54) is 11.3 Å². The number of likely N-dealkylation sites (N-methyl/N-ethyl adjacent to an activating group) is 1. The number of ketones is 1. The first-order valence-corrected chi connectivity index (χ1v) is 21.4. The number of amides is 2. The average molecular weight is 805 g/mol. The molecule has 0 spiro atoms. The first-order valence-electron chi connectivity index (χ1n) is 20.5. The highest BCUT2D eigenvalue weighted by Gasteiger charge is 2.39. The molecule has 4 rings (SSSR count). The van der Waals surface area contributed by atoms with E-state index in [2.05, 4.69) is 37.9 Å². The number of nitrogens with one attached hydrogen (secondary N) is 1. The average Bonchev–Trinajstić information content (AvgIpc) is 3.70. The molecule has 12 heteroatoms. The Balaban J connectivity index is 1.63. The summed E-state index contributed by atoms with van der Waals surface area (Å²) in [5, 5.41) is 14.9. The summed E-state index contributed by atoms with van der Waals surface area (Å²) in [6.07, 6.45) is 4.38. The monoisotopic (exact) mass is 804 g/mol. The van der Waals surface area contributed by atoms with Crippen molar-refractivity contribution in [2.75, 3.05) is 27.5 Å². The van der Waals surface area contributed by atoms with Gasteiger partial charge in [0, 0.05) is 49.9 Å². The number of carboxylic acids is 1. The van der Waals surface area contributed by atoms with Crippen molar-refractivity contribution in [1.29, 1.82) is 0 Å². The lowest BCUT2D eigenvalue weighted by Crippen LogP contribution is -2.49. The molecule has 2 N–H and O–H groups in total. The van der Waals surface area contributed by atoms with Gasteiger partial charge >= 0.3 is 5.97 Å². The van der Waals surface area contributed by atoms with E-state index in [0.29, 0.717) is 24.4 Å². The van der Waals surface area contributed by atoms with Crippen LogP contribution in [0.15, 0.2) is 66.0 Å². The Morgan fingerprint density at radius 2 is 1.65 bits per heavy atom. The van der Waals surface area contributed by atoms with Crippen molar-refractivity contribution in [3.8, 4) is 0 Å². The van der Waals surface area contributed by atoms with Gasteiger partial charge in [0.25, 0.3) is 5.91 Å². The second kappa shape index (κ2) is 22.8. The number of carbonyl (C=O) groups excluding carboxylic acids is 3. The molecular weight excluding hydrogens is 741 g/mol. The predicted octanol–water partition coefficient (Wildman–Crippen LogP) is 7.81. The maximum Gasteiger partial charge on any atom is 0.306 e. The summed E-state index contributed by atoms with van der Waals surface area (Å²) >= 11 is 1.30. The van der Waals surface area contributed by atoms with Crippen molar-refractivity contribution >= 4 is 34.9 Å². The van der Waals surface area contributed by atoms with Crippen molar-refractivity contribution in [1.82, 2.24) is 20.1 Å². The SMILES string of the molecule is CC[C@H](C)[C@H](CC(=O)[C@H]1CCCCN1C)C(=O)N(Cc1ccccc1)[C@H](C[C@@H](OCOC)c1nc(C(=O)N[C@@H](Cc2ccccc2)C[C@H](C)C(=O)O)cs1)C(C)C. The van der Waals surface area contributed by atoms with Crippen molar-refractivity contribution in [2.24, 2.45) is 23.7 Å². The summed E-state index contributed by atoms with van der Waals surface area (Å²) in [5.41, 5.74) is 2.19. The van der Waals surface area contributed by atoms with Crippen LogP contribution in [0.5, 0.6) is 0 Å². The number of benzene rings is 2. The van der Waals surface area contributed by atoms with Crippen molar-refractivity contribution in [3.05, 3.63) is 87.9 Å². The fraction of sp³-hybridized carbons (Fsp3) is 0.578. The Morgan fingerprint density at radius 3 is 2.25 bits per heavy atom. The van der Waals surface area contributed by atoms with Crippen LogP contribution in [0.3, 0.4) is 0 Å². The van der Waals surface area contributed by atoms with Gasteiger partial charge in [-0.25, -0.2) is 4.98 Å². The Labute approximate surface area is 343 Å². The Bertz CT molecular complexity index is 1700. The fourth-order valence-electron chi connectivity index (χ4n) is 7.79. The molecule has 312 valence electrons. The molecule has 7 atom stereocenters. The van der Waals surface area contributed by atoms with Crippen molar-refractivity contribution in [2.45, 2.75) is 117 Å². The van der Waals surface area contributed by atoms with Crippen LogP contribution in [-0.4, -0.2) is 89.1 Å². The molecular formula is C45H64N4O7S. The number of thiazole rings is 1. The highest BCUT2D eigenvalue weighted by Crippen LogP contribution is 2.34. The summed E-state index contributed by atoms with van der Waals surface area (Å²) in [4.78, 5) is 63.3. The summed E-state index contributed by atoms with van der Waals surface area (Å²) < 4.78 is 11.6. The molecule has 0 unspecified atom stereocenters. The molecule has 1 saturated heterocycles. The van der Waals surface area contributed by atoms with Crippen LogP contribution >= 0.6 is 11.3 Å². The number of aliphatic carboxylic acids is 1. The second-order valence-electron chi connectivity index (χ2n) is 16.1. The minimum Gasteiger partial charge on any atom is -0.481 e. The lowest BCUT2D eigenvalue weighted by molar-refractivity contribution is -0.146. The Hall–Kier alpha value is -3.97. The van der Waals surface area contributed by atoms with Gasteiger partial charge in [0.2, 0.25) is 5.91 Å². The normalized spacial score (nSPS) is 17.9. The van der Waals surface area contributed by atoms with E-state index in [9.17, 15) is 19.5 Å². The molecule has 0 saturated carbocycles. The lowest BCUT2D eigenvalue weighted by atomic mass is 9.82. The highest BCUT2D eigenvalue weighted by atomic mass is 32.1. The van der Waals surface area contributed by atoms with E-state index in [1.54, 1.807) is 19.4 Å². The van der Waals surface area contributed by atoms with Gasteiger partial charge in [-0.1, -0.05) is 108 Å². The van der Waals surface area contributed by atoms with E-state index < -0.39 is 35.9 Å². The van der Waals surface area contributed by atoms with Crippen LogP contribution in [-0.2, 0) is 36.8 Å². The first kappa shape index (κ1) is 45.7. The van der Waals surface area contributed by atoms with Crippen molar-refractivity contribution < 1.29 is 33.8 Å². The summed E-state index contributed by atoms with van der Waals surface area (Å²) in [5.74, 6) is -2.37. The molecule has 0 radical (unpaired) electrons. The van der Waals surface area contributed by atoms with Crippen LogP contribution < -0.4 is 5.32 Å². The number of aromatic nitrogens is 1. The molecule has 1 aliphatic heterocycles. The first-order chi connectivity index (χ1) is 27.3. The minimum atomic E-state index is -0.921. The number of hydrogen-bond acceptors (Lipinski definition) is 9. The van der Waals surface area contributed by atoms with Gasteiger partial charge in [-0.3, -0.25) is 24.1 Å². The number of hydrogen-bond donors (Lipinski definition) is 2. The molecule has 57 heavy (non-hydrogen) atoms. The molecule has 1 aromatic heterocycles. The van der Waals surface area contributed by atoms with Gasteiger partial charge in [-0.2, -0.15) is 0 Å². The number of nitrogens with zero attached hydrogens (tertiary/aromatic N) is 3. The highest BCUT2D eigenvalue weighted by molar-refractivity contribution is 7.09. The Morgan fingerprint density at radius 1 is 0.982 bits per heavy atom. The standard InChI is InChI=1S/C45H64N4O7S/c1-8-31(4)36(25-40(50)38-21-15-16-22-48(38)6)44(52)49(27-34-19-13-10-14-20-34)39(30(2)3)26-41(56-29-55-7)43-47-37(28-57-43)42(51)46-35(23-32(5)45(53)54)24-33-17-11-9-12-18-33/h9-14,17-20,28,30-32,35-36,38-39,41H,8,15-16,21-27,29H2,1-7H3,(H,46,51)(H,53,54)/t31-,32-,35+,36-,38+,39+,41+/m0/s1. The smallest absolute Gasteiger partial charge is 0.306 e. The van der Waals surface area contributed by atoms with Gasteiger partial charge in [0.15, 0.2) is 5.78 Å². The number of rotatable bonds is 23. The third kappa shape index (κ3) is 13.6. The summed E-state index contributed by atoms with van der Waals surface area (Å²) in [7, 11) is 3.56. The van der Waals surface area contributed by atoms with E-state index in [4.69, 9.17) is 14.5 Å². The van der Waals surface area contributed by atoms with E-state index in [1.807, 2.05) is 72.6 Å².